The summed E-state index contributed by atoms with van der Waals surface area (Å²) in [6, 6.07) is 16.4. The Hall–Kier alpha value is -3.42. The summed E-state index contributed by atoms with van der Waals surface area (Å²) in [5.41, 5.74) is 5.26. The van der Waals surface area contributed by atoms with Crippen molar-refractivity contribution in [2.45, 2.75) is 52.7 Å². The molecule has 1 fully saturated rings. The third-order valence-electron chi connectivity index (χ3n) is 7.85. The predicted octanol–water partition coefficient (Wildman–Crippen LogP) is 4.71. The quantitative estimate of drug-likeness (QED) is 0.453. The predicted molar refractivity (Wildman–Crippen MR) is 158 cm³/mol. The van der Waals surface area contributed by atoms with Gasteiger partial charge in [0.2, 0.25) is 5.78 Å². The zero-order valence-corrected chi connectivity index (χ0v) is 24.0. The maximum atomic E-state index is 13.4. The Morgan fingerprint density at radius 3 is 2.65 bits per heavy atom. The molecule has 1 amide bonds. The van der Waals surface area contributed by atoms with Gasteiger partial charge in [-0.05, 0) is 67.6 Å². The fraction of sp³-hybridized carbons (Fsp3) is 0.455. The second-order valence-electron chi connectivity index (χ2n) is 11.6. The fourth-order valence-electron chi connectivity index (χ4n) is 5.82. The lowest BCUT2D eigenvalue weighted by atomic mass is 9.96. The maximum Gasteiger partial charge on any atom is 0.255 e. The Morgan fingerprint density at radius 2 is 1.90 bits per heavy atom. The first-order valence-electron chi connectivity index (χ1n) is 14.7. The number of allylic oxidation sites excluding steroid dienone is 1. The number of nitrogens with one attached hydrogen (secondary N) is 2. The van der Waals surface area contributed by atoms with Gasteiger partial charge in [0, 0.05) is 43.5 Å². The van der Waals surface area contributed by atoms with E-state index in [1.165, 1.54) is 32.4 Å². The molecule has 2 N–H and O–H groups in total. The van der Waals surface area contributed by atoms with Crippen LogP contribution in [0.2, 0.25) is 0 Å². The summed E-state index contributed by atoms with van der Waals surface area (Å²) in [7, 11) is 0. The lowest BCUT2D eigenvalue weighted by Gasteiger charge is -2.31. The monoisotopic (exact) mass is 542 g/mol. The molecule has 7 nitrogen and oxygen atoms in total. The topological polar surface area (TPSA) is 73.9 Å². The van der Waals surface area contributed by atoms with Crippen LogP contribution in [0.1, 0.15) is 56.0 Å². The number of dihydropyridines is 1. The van der Waals surface area contributed by atoms with E-state index in [2.05, 4.69) is 64.6 Å². The van der Waals surface area contributed by atoms with E-state index in [0.717, 1.165) is 42.9 Å². The number of likely N-dealkylation sites (tertiary alicyclic amines) is 1. The number of nitrogens with zero attached hydrogens (tertiary/aromatic N) is 2. The molecule has 0 bridgehead atoms. The van der Waals surface area contributed by atoms with E-state index in [0.29, 0.717) is 35.2 Å². The average Bonchev–Trinajstić information content (AvgIpc) is 3.24. The number of benzene rings is 2. The second-order valence-corrected chi connectivity index (χ2v) is 11.6. The van der Waals surface area contributed by atoms with E-state index < -0.39 is 6.10 Å². The van der Waals surface area contributed by atoms with Crippen molar-refractivity contribution >= 4 is 11.7 Å². The van der Waals surface area contributed by atoms with Crippen molar-refractivity contribution in [2.24, 2.45) is 5.92 Å². The minimum Gasteiger partial charge on any atom is -0.480 e. The largest absolute Gasteiger partial charge is 0.480 e. The Morgan fingerprint density at radius 1 is 1.12 bits per heavy atom. The van der Waals surface area contributed by atoms with E-state index >= 15 is 0 Å². The summed E-state index contributed by atoms with van der Waals surface area (Å²) in [6.07, 6.45) is 5.20. The molecule has 1 atom stereocenters. The molecule has 3 heterocycles. The van der Waals surface area contributed by atoms with Gasteiger partial charge in [-0.15, -0.1) is 0 Å². The standard InChI is InChI=1S/C33H42N4O3/c1-23(2)21-37(17-16-36-14-8-5-9-15-36)22-27-18-26(12-13-29(27)25-10-6-4-7-11-25)33(39)35-28-19-30-31(34-20-28)32(38)24(3)40-30/h4,6-7,10-13,18-19,23-24,34H,5,8-9,14-17,20-22H2,1-3H3,(H,35,39). The summed E-state index contributed by atoms with van der Waals surface area (Å²) in [5, 5.41) is 6.14. The van der Waals surface area contributed by atoms with Gasteiger partial charge < -0.3 is 20.3 Å². The highest BCUT2D eigenvalue weighted by Crippen LogP contribution is 2.28. The molecule has 0 spiro atoms. The SMILES string of the molecule is CC(C)CN(CCN1CCCCC1)Cc1cc(C(=O)NC2=CC3=C(NC2)C(=O)C(C)O3)ccc1-c1ccccc1. The molecule has 3 aliphatic heterocycles. The number of ketones is 1. The van der Waals surface area contributed by atoms with E-state index in [-0.39, 0.29) is 11.7 Å². The summed E-state index contributed by atoms with van der Waals surface area (Å²) in [6.45, 7) is 12.9. The van der Waals surface area contributed by atoms with Crippen LogP contribution in [0.15, 0.2) is 71.8 Å². The second kappa shape index (κ2) is 12.8. The smallest absolute Gasteiger partial charge is 0.255 e. The van der Waals surface area contributed by atoms with Gasteiger partial charge in [-0.25, -0.2) is 0 Å². The molecule has 7 heteroatoms. The first-order valence-corrected chi connectivity index (χ1v) is 14.7. The maximum absolute atomic E-state index is 13.4. The fourth-order valence-corrected chi connectivity index (χ4v) is 5.82. The minimum atomic E-state index is -0.499. The summed E-state index contributed by atoms with van der Waals surface area (Å²) < 4.78 is 5.65. The van der Waals surface area contributed by atoms with Crippen LogP contribution < -0.4 is 10.6 Å². The molecule has 0 saturated carbocycles. The molecule has 40 heavy (non-hydrogen) atoms. The lowest BCUT2D eigenvalue weighted by molar-refractivity contribution is -0.120. The van der Waals surface area contributed by atoms with E-state index in [1.54, 1.807) is 13.0 Å². The Kier molecular flexibility index (Phi) is 9.02. The van der Waals surface area contributed by atoms with Gasteiger partial charge in [-0.1, -0.05) is 56.7 Å². The number of hydrogen-bond acceptors (Lipinski definition) is 6. The molecule has 3 aliphatic rings. The van der Waals surface area contributed by atoms with Gasteiger partial charge in [0.1, 0.15) is 11.5 Å². The van der Waals surface area contributed by atoms with Crippen molar-refractivity contribution < 1.29 is 14.3 Å². The van der Waals surface area contributed by atoms with Crippen LogP contribution in [0.4, 0.5) is 0 Å². The molecule has 1 unspecified atom stereocenters. The lowest BCUT2D eigenvalue weighted by Crippen LogP contribution is -2.39. The molecule has 0 radical (unpaired) electrons. The first-order chi connectivity index (χ1) is 19.4. The average molecular weight is 543 g/mol. The molecule has 5 rings (SSSR count). The van der Waals surface area contributed by atoms with Crippen LogP contribution in [0.25, 0.3) is 11.1 Å². The van der Waals surface area contributed by atoms with Crippen molar-refractivity contribution in [1.82, 2.24) is 20.4 Å². The van der Waals surface area contributed by atoms with Gasteiger partial charge >= 0.3 is 0 Å². The molecular weight excluding hydrogens is 500 g/mol. The van der Waals surface area contributed by atoms with Crippen LogP contribution in [-0.2, 0) is 16.1 Å². The van der Waals surface area contributed by atoms with E-state index in [1.807, 2.05) is 18.2 Å². The van der Waals surface area contributed by atoms with Gasteiger partial charge in [-0.3, -0.25) is 14.5 Å². The number of carbonyl (C=O) groups excluding carboxylic acids is 2. The molecule has 2 aromatic carbocycles. The van der Waals surface area contributed by atoms with Crippen LogP contribution >= 0.6 is 0 Å². The van der Waals surface area contributed by atoms with Crippen molar-refractivity contribution in [3.8, 4) is 11.1 Å². The number of amides is 1. The van der Waals surface area contributed by atoms with E-state index in [4.69, 9.17) is 4.74 Å². The van der Waals surface area contributed by atoms with Crippen LogP contribution in [0, 0.1) is 5.92 Å². The number of hydrogen-bond donors (Lipinski definition) is 2. The van der Waals surface area contributed by atoms with Crippen LogP contribution in [0.3, 0.4) is 0 Å². The summed E-state index contributed by atoms with van der Waals surface area (Å²) in [4.78, 5) is 30.7. The molecule has 0 aliphatic carbocycles. The van der Waals surface area contributed by atoms with Crippen molar-refractivity contribution in [1.29, 1.82) is 0 Å². The molecular formula is C33H42N4O3. The van der Waals surface area contributed by atoms with Gasteiger partial charge in [-0.2, -0.15) is 0 Å². The normalized spacial score (nSPS) is 19.4. The first kappa shape index (κ1) is 28.1. The van der Waals surface area contributed by atoms with Crippen LogP contribution in [-0.4, -0.2) is 66.9 Å². The Labute approximate surface area is 238 Å². The summed E-state index contributed by atoms with van der Waals surface area (Å²) in [5.74, 6) is 0.825. The van der Waals surface area contributed by atoms with Gasteiger partial charge in [0.05, 0.1) is 6.54 Å². The van der Waals surface area contributed by atoms with Crippen molar-refractivity contribution in [3.05, 3.63) is 82.9 Å². The zero-order chi connectivity index (χ0) is 28.1. The minimum absolute atomic E-state index is 0.0518. The highest BCUT2D eigenvalue weighted by molar-refractivity contribution is 6.01. The molecule has 2 aromatic rings. The third-order valence-corrected chi connectivity index (χ3v) is 7.85. The molecule has 0 aromatic heterocycles. The zero-order valence-electron chi connectivity index (χ0n) is 24.0. The van der Waals surface area contributed by atoms with Crippen LogP contribution in [0.5, 0.6) is 0 Å². The third kappa shape index (κ3) is 6.83. The number of carbonyl (C=O) groups is 2. The summed E-state index contributed by atoms with van der Waals surface area (Å²) >= 11 is 0. The van der Waals surface area contributed by atoms with Crippen molar-refractivity contribution in [3.63, 3.8) is 0 Å². The number of ether oxygens (including phenoxy) is 1. The number of piperidine rings is 1. The van der Waals surface area contributed by atoms with E-state index in [9.17, 15) is 9.59 Å². The Balaban J connectivity index is 1.36. The number of rotatable bonds is 10. The van der Waals surface area contributed by atoms with Crippen molar-refractivity contribution in [2.75, 3.05) is 39.3 Å². The van der Waals surface area contributed by atoms with Gasteiger partial charge in [0.25, 0.3) is 5.91 Å². The van der Waals surface area contributed by atoms with Gasteiger partial charge in [0.15, 0.2) is 6.10 Å². The molecule has 1 saturated heterocycles. The number of Topliss-reactive ketones (excluding diaryl/α,β-unsaturated/α-hetero) is 1. The highest BCUT2D eigenvalue weighted by Gasteiger charge is 2.33. The molecule has 212 valence electrons. The highest BCUT2D eigenvalue weighted by atomic mass is 16.5. The Bertz CT molecular complexity index is 1280.